The molecule has 1 unspecified atom stereocenters. The molecule has 1 aromatic carbocycles. The normalized spacial score (nSPS) is 21.5. The highest BCUT2D eigenvalue weighted by atomic mass is 32.2. The first-order chi connectivity index (χ1) is 8.96. The standard InChI is InChI=1S/C13H19FN2O2S/c1-10-5-6-11(14)8-13(10)19(17,18)16-7-3-2-4-12(16)9-15/h5-6,8,12H,2-4,7,9,15H2,1H3. The summed E-state index contributed by atoms with van der Waals surface area (Å²) in [4.78, 5) is 0.0489. The smallest absolute Gasteiger partial charge is 0.243 e. The van der Waals surface area contributed by atoms with Crippen LogP contribution in [0.1, 0.15) is 24.8 Å². The van der Waals surface area contributed by atoms with E-state index in [9.17, 15) is 12.8 Å². The van der Waals surface area contributed by atoms with Gasteiger partial charge in [0.1, 0.15) is 5.82 Å². The van der Waals surface area contributed by atoms with Crippen LogP contribution in [0.25, 0.3) is 0 Å². The van der Waals surface area contributed by atoms with E-state index in [-0.39, 0.29) is 10.9 Å². The highest BCUT2D eigenvalue weighted by Gasteiger charge is 2.33. The van der Waals surface area contributed by atoms with Gasteiger partial charge in [0.2, 0.25) is 10.0 Å². The van der Waals surface area contributed by atoms with Crippen molar-refractivity contribution in [2.24, 2.45) is 5.73 Å². The van der Waals surface area contributed by atoms with E-state index in [2.05, 4.69) is 0 Å². The van der Waals surface area contributed by atoms with Gasteiger partial charge < -0.3 is 5.73 Å². The summed E-state index contributed by atoms with van der Waals surface area (Å²) in [5, 5.41) is 0. The van der Waals surface area contributed by atoms with Gasteiger partial charge in [-0.15, -0.1) is 0 Å². The number of halogens is 1. The lowest BCUT2D eigenvalue weighted by molar-refractivity contribution is 0.257. The van der Waals surface area contributed by atoms with E-state index in [1.807, 2.05) is 0 Å². The van der Waals surface area contributed by atoms with Crippen LogP contribution in [-0.4, -0.2) is 31.9 Å². The van der Waals surface area contributed by atoms with Gasteiger partial charge in [0.25, 0.3) is 0 Å². The quantitative estimate of drug-likeness (QED) is 0.918. The van der Waals surface area contributed by atoms with Crippen LogP contribution in [0.5, 0.6) is 0 Å². The molecule has 0 radical (unpaired) electrons. The average Bonchev–Trinajstić information content (AvgIpc) is 2.41. The molecule has 0 saturated carbocycles. The van der Waals surface area contributed by atoms with Crippen molar-refractivity contribution >= 4 is 10.0 Å². The van der Waals surface area contributed by atoms with Gasteiger partial charge in [-0.3, -0.25) is 0 Å². The number of hydrogen-bond acceptors (Lipinski definition) is 3. The number of nitrogens with zero attached hydrogens (tertiary/aromatic N) is 1. The first-order valence-corrected chi connectivity index (χ1v) is 7.89. The minimum atomic E-state index is -3.66. The molecule has 1 saturated heterocycles. The Morgan fingerprint density at radius 2 is 2.16 bits per heavy atom. The highest BCUT2D eigenvalue weighted by molar-refractivity contribution is 7.89. The lowest BCUT2D eigenvalue weighted by Crippen LogP contribution is -2.47. The van der Waals surface area contributed by atoms with Crippen LogP contribution in [0.4, 0.5) is 4.39 Å². The predicted molar refractivity (Wildman–Crippen MR) is 71.7 cm³/mol. The Morgan fingerprint density at radius 3 is 2.84 bits per heavy atom. The monoisotopic (exact) mass is 286 g/mol. The Morgan fingerprint density at radius 1 is 1.42 bits per heavy atom. The number of nitrogens with two attached hydrogens (primary N) is 1. The maximum atomic E-state index is 13.3. The molecule has 1 atom stereocenters. The fraction of sp³-hybridized carbons (Fsp3) is 0.538. The van der Waals surface area contributed by atoms with Crippen molar-refractivity contribution in [2.75, 3.05) is 13.1 Å². The molecule has 4 nitrogen and oxygen atoms in total. The summed E-state index contributed by atoms with van der Waals surface area (Å²) in [5.74, 6) is -0.537. The summed E-state index contributed by atoms with van der Waals surface area (Å²) in [6, 6.07) is 3.67. The van der Waals surface area contributed by atoms with Crippen molar-refractivity contribution < 1.29 is 12.8 Å². The number of aryl methyl sites for hydroxylation is 1. The maximum absolute atomic E-state index is 13.3. The zero-order chi connectivity index (χ0) is 14.0. The number of benzene rings is 1. The summed E-state index contributed by atoms with van der Waals surface area (Å²) in [5.41, 5.74) is 6.21. The van der Waals surface area contributed by atoms with Crippen molar-refractivity contribution in [2.45, 2.75) is 37.1 Å². The van der Waals surface area contributed by atoms with Crippen molar-refractivity contribution in [3.8, 4) is 0 Å². The van der Waals surface area contributed by atoms with Gasteiger partial charge in [-0.05, 0) is 37.5 Å². The lowest BCUT2D eigenvalue weighted by Gasteiger charge is -2.34. The van der Waals surface area contributed by atoms with E-state index >= 15 is 0 Å². The first kappa shape index (κ1) is 14.4. The number of hydrogen-bond donors (Lipinski definition) is 1. The Kier molecular flexibility index (Phi) is 4.23. The minimum Gasteiger partial charge on any atom is -0.329 e. The largest absolute Gasteiger partial charge is 0.329 e. The number of piperidine rings is 1. The van der Waals surface area contributed by atoms with Gasteiger partial charge in [-0.25, -0.2) is 12.8 Å². The van der Waals surface area contributed by atoms with Gasteiger partial charge in [-0.2, -0.15) is 4.31 Å². The van der Waals surface area contributed by atoms with Crippen LogP contribution in [0, 0.1) is 12.7 Å². The zero-order valence-corrected chi connectivity index (χ0v) is 11.8. The number of sulfonamides is 1. The predicted octanol–water partition coefficient (Wildman–Crippen LogP) is 1.64. The molecule has 0 aromatic heterocycles. The Hall–Kier alpha value is -0.980. The third kappa shape index (κ3) is 2.80. The second-order valence-corrected chi connectivity index (χ2v) is 6.77. The molecule has 1 fully saturated rings. The molecule has 2 rings (SSSR count). The highest BCUT2D eigenvalue weighted by Crippen LogP contribution is 2.27. The van der Waals surface area contributed by atoms with Gasteiger partial charge in [0, 0.05) is 19.1 Å². The van der Waals surface area contributed by atoms with E-state index in [0.29, 0.717) is 18.7 Å². The number of rotatable bonds is 3. The Bertz CT molecular complexity index is 560. The van der Waals surface area contributed by atoms with E-state index in [4.69, 9.17) is 5.73 Å². The molecule has 106 valence electrons. The summed E-state index contributed by atoms with van der Waals surface area (Å²) in [6.07, 6.45) is 2.57. The second kappa shape index (κ2) is 5.56. The van der Waals surface area contributed by atoms with E-state index < -0.39 is 15.8 Å². The summed E-state index contributed by atoms with van der Waals surface area (Å²) >= 11 is 0. The molecule has 0 amide bonds. The van der Waals surface area contributed by atoms with Gasteiger partial charge >= 0.3 is 0 Å². The molecule has 1 aliphatic rings. The Balaban J connectivity index is 2.43. The topological polar surface area (TPSA) is 63.4 Å². The van der Waals surface area contributed by atoms with Crippen LogP contribution in [0.15, 0.2) is 23.1 Å². The van der Waals surface area contributed by atoms with E-state index in [1.54, 1.807) is 6.92 Å². The molecule has 2 N–H and O–H groups in total. The fourth-order valence-electron chi connectivity index (χ4n) is 2.50. The third-order valence-electron chi connectivity index (χ3n) is 3.58. The van der Waals surface area contributed by atoms with E-state index in [0.717, 1.165) is 25.3 Å². The van der Waals surface area contributed by atoms with Crippen molar-refractivity contribution in [1.29, 1.82) is 0 Å². The minimum absolute atomic E-state index is 0.0489. The van der Waals surface area contributed by atoms with E-state index in [1.165, 1.54) is 16.4 Å². The van der Waals surface area contributed by atoms with Crippen LogP contribution >= 0.6 is 0 Å². The van der Waals surface area contributed by atoms with Crippen LogP contribution in [-0.2, 0) is 10.0 Å². The zero-order valence-electron chi connectivity index (χ0n) is 11.0. The molecule has 1 aromatic rings. The maximum Gasteiger partial charge on any atom is 0.243 e. The molecular formula is C13H19FN2O2S. The summed E-state index contributed by atoms with van der Waals surface area (Å²) in [6.45, 7) is 2.43. The average molecular weight is 286 g/mol. The van der Waals surface area contributed by atoms with Crippen molar-refractivity contribution in [3.05, 3.63) is 29.6 Å². The molecule has 0 bridgehead atoms. The SMILES string of the molecule is Cc1ccc(F)cc1S(=O)(=O)N1CCCCC1CN. The molecule has 1 heterocycles. The molecule has 6 heteroatoms. The molecule has 19 heavy (non-hydrogen) atoms. The fourth-order valence-corrected chi connectivity index (χ4v) is 4.45. The lowest BCUT2D eigenvalue weighted by atomic mass is 10.1. The third-order valence-corrected chi connectivity index (χ3v) is 5.68. The van der Waals surface area contributed by atoms with Gasteiger partial charge in [-0.1, -0.05) is 12.5 Å². The van der Waals surface area contributed by atoms with Crippen LogP contribution in [0.3, 0.4) is 0 Å². The van der Waals surface area contributed by atoms with Crippen LogP contribution < -0.4 is 5.73 Å². The second-order valence-electron chi connectivity index (χ2n) is 4.91. The summed E-state index contributed by atoms with van der Waals surface area (Å²) < 4.78 is 40.0. The van der Waals surface area contributed by atoms with Crippen molar-refractivity contribution in [3.63, 3.8) is 0 Å². The Labute approximate surface area is 113 Å². The van der Waals surface area contributed by atoms with Crippen molar-refractivity contribution in [1.82, 2.24) is 4.31 Å². The van der Waals surface area contributed by atoms with Gasteiger partial charge in [0.05, 0.1) is 4.90 Å². The molecular weight excluding hydrogens is 267 g/mol. The molecule has 0 aliphatic carbocycles. The molecule has 0 spiro atoms. The van der Waals surface area contributed by atoms with Gasteiger partial charge in [0.15, 0.2) is 0 Å². The first-order valence-electron chi connectivity index (χ1n) is 6.45. The van der Waals surface area contributed by atoms with Crippen LogP contribution in [0.2, 0.25) is 0 Å². The molecule has 1 aliphatic heterocycles. The summed E-state index contributed by atoms with van der Waals surface area (Å²) in [7, 11) is -3.66.